The number of hydrogen-bond donors (Lipinski definition) is 1. The van der Waals surface area contributed by atoms with Crippen LogP contribution in [0.1, 0.15) is 35.7 Å². The van der Waals surface area contributed by atoms with Gasteiger partial charge in [-0.05, 0) is 34.7 Å². The first-order chi connectivity index (χ1) is 9.88. The number of amides is 1. The zero-order valence-corrected chi connectivity index (χ0v) is 12.6. The summed E-state index contributed by atoms with van der Waals surface area (Å²) in [6.07, 6.45) is 0. The van der Waals surface area contributed by atoms with E-state index in [1.165, 1.54) is 11.6 Å². The molecule has 4 nitrogen and oxygen atoms in total. The molecule has 21 heavy (non-hydrogen) atoms. The van der Waals surface area contributed by atoms with Crippen molar-refractivity contribution in [1.29, 1.82) is 0 Å². The Morgan fingerprint density at radius 2 is 1.71 bits per heavy atom. The largest absolute Gasteiger partial charge is 0.268 e. The predicted octanol–water partition coefficient (Wildman–Crippen LogP) is 2.91. The summed E-state index contributed by atoms with van der Waals surface area (Å²) in [4.78, 5) is 11.8. The fraction of sp³-hybridized carbons (Fsp3) is 0.188. The maximum absolute atomic E-state index is 11.7. The number of benzene rings is 2. The smallest absolute Gasteiger partial charge is 0.266 e. The minimum Gasteiger partial charge on any atom is -0.268 e. The molecule has 0 saturated heterocycles. The van der Waals surface area contributed by atoms with Gasteiger partial charge >= 0.3 is 0 Å². The summed E-state index contributed by atoms with van der Waals surface area (Å²) >= 11 is 0. The van der Waals surface area contributed by atoms with E-state index in [0.29, 0.717) is 5.92 Å². The van der Waals surface area contributed by atoms with Gasteiger partial charge < -0.3 is 0 Å². The summed E-state index contributed by atoms with van der Waals surface area (Å²) < 4.78 is 25.4. The van der Waals surface area contributed by atoms with E-state index < -0.39 is 15.9 Å². The third kappa shape index (κ3) is 2.34. The Labute approximate surface area is 123 Å². The van der Waals surface area contributed by atoms with Gasteiger partial charge in [0.1, 0.15) is 4.90 Å². The number of rotatable bonds is 2. The van der Waals surface area contributed by atoms with Gasteiger partial charge in [-0.15, -0.1) is 0 Å². The molecular weight excluding hydrogens is 286 g/mol. The van der Waals surface area contributed by atoms with Crippen molar-refractivity contribution in [3.05, 3.63) is 53.6 Å². The Morgan fingerprint density at radius 3 is 2.43 bits per heavy atom. The average Bonchev–Trinajstić information content (AvgIpc) is 2.68. The number of carbonyl (C=O) groups is 1. The highest BCUT2D eigenvalue weighted by molar-refractivity contribution is 7.90. The lowest BCUT2D eigenvalue weighted by atomic mass is 9.96. The van der Waals surface area contributed by atoms with Gasteiger partial charge in [0, 0.05) is 0 Å². The van der Waals surface area contributed by atoms with Crippen LogP contribution >= 0.6 is 0 Å². The number of sulfonamides is 1. The van der Waals surface area contributed by atoms with Crippen LogP contribution in [-0.2, 0) is 10.0 Å². The minimum atomic E-state index is -3.67. The highest BCUT2D eigenvalue weighted by Crippen LogP contribution is 2.29. The highest BCUT2D eigenvalue weighted by Gasteiger charge is 2.32. The molecule has 0 saturated carbocycles. The van der Waals surface area contributed by atoms with Crippen LogP contribution in [0, 0.1) is 0 Å². The summed E-state index contributed by atoms with van der Waals surface area (Å²) in [6, 6.07) is 12.9. The van der Waals surface area contributed by atoms with Crippen LogP contribution in [0.25, 0.3) is 11.1 Å². The molecule has 1 heterocycles. The Kier molecular flexibility index (Phi) is 3.10. The third-order valence-corrected chi connectivity index (χ3v) is 5.02. The standard InChI is InChI=1S/C16H15NO3S/c1-10(2)11-4-3-5-12(8-11)13-6-7-15-14(9-13)16(18)17-21(15,19)20/h3-10H,1-2H3,(H,17,18). The van der Waals surface area contributed by atoms with Gasteiger partial charge in [-0.1, -0.05) is 44.2 Å². The van der Waals surface area contributed by atoms with E-state index in [2.05, 4.69) is 26.0 Å². The van der Waals surface area contributed by atoms with Crippen molar-refractivity contribution in [3.8, 4) is 11.1 Å². The van der Waals surface area contributed by atoms with Crippen molar-refractivity contribution in [2.24, 2.45) is 0 Å². The molecule has 0 aromatic heterocycles. The summed E-state index contributed by atoms with van der Waals surface area (Å²) in [6.45, 7) is 4.23. The average molecular weight is 301 g/mol. The van der Waals surface area contributed by atoms with E-state index in [9.17, 15) is 13.2 Å². The summed E-state index contributed by atoms with van der Waals surface area (Å²) in [5.74, 6) is -0.157. The molecule has 108 valence electrons. The second-order valence-corrected chi connectivity index (χ2v) is 7.08. The van der Waals surface area contributed by atoms with Crippen LogP contribution in [0.15, 0.2) is 47.4 Å². The summed E-state index contributed by atoms with van der Waals surface area (Å²) in [7, 11) is -3.67. The summed E-state index contributed by atoms with van der Waals surface area (Å²) in [5.41, 5.74) is 3.22. The van der Waals surface area contributed by atoms with Crippen LogP contribution in [0.5, 0.6) is 0 Å². The Balaban J connectivity index is 2.12. The van der Waals surface area contributed by atoms with Gasteiger partial charge in [-0.25, -0.2) is 13.1 Å². The number of nitrogens with one attached hydrogen (secondary N) is 1. The molecule has 2 aromatic carbocycles. The molecule has 0 aliphatic carbocycles. The molecule has 0 unspecified atom stereocenters. The lowest BCUT2D eigenvalue weighted by Gasteiger charge is -2.09. The van der Waals surface area contributed by atoms with Crippen molar-refractivity contribution in [2.75, 3.05) is 0 Å². The van der Waals surface area contributed by atoms with Crippen LogP contribution in [-0.4, -0.2) is 14.3 Å². The van der Waals surface area contributed by atoms with E-state index in [0.717, 1.165) is 11.1 Å². The Hall–Kier alpha value is -2.14. The lowest BCUT2D eigenvalue weighted by molar-refractivity contribution is 0.0985. The molecule has 1 N–H and O–H groups in total. The van der Waals surface area contributed by atoms with Gasteiger partial charge in [0.15, 0.2) is 0 Å². The molecule has 3 rings (SSSR count). The molecule has 0 fully saturated rings. The topological polar surface area (TPSA) is 63.2 Å². The van der Waals surface area contributed by atoms with Gasteiger partial charge in [-0.3, -0.25) is 4.79 Å². The van der Waals surface area contributed by atoms with Crippen LogP contribution in [0.4, 0.5) is 0 Å². The normalized spacial score (nSPS) is 15.9. The van der Waals surface area contributed by atoms with Crippen LogP contribution in [0.3, 0.4) is 0 Å². The van der Waals surface area contributed by atoms with Gasteiger partial charge in [0.2, 0.25) is 0 Å². The molecule has 0 spiro atoms. The van der Waals surface area contributed by atoms with E-state index in [-0.39, 0.29) is 10.5 Å². The maximum Gasteiger partial charge on any atom is 0.266 e. The van der Waals surface area contributed by atoms with Crippen molar-refractivity contribution in [1.82, 2.24) is 4.72 Å². The quantitative estimate of drug-likeness (QED) is 0.927. The highest BCUT2D eigenvalue weighted by atomic mass is 32.2. The second-order valence-electron chi connectivity index (χ2n) is 5.43. The first-order valence-corrected chi connectivity index (χ1v) is 8.18. The molecule has 0 radical (unpaired) electrons. The summed E-state index contributed by atoms with van der Waals surface area (Å²) in [5, 5.41) is 0. The van der Waals surface area contributed by atoms with E-state index in [1.807, 2.05) is 16.9 Å². The minimum absolute atomic E-state index is 0.0521. The second kappa shape index (κ2) is 4.70. The van der Waals surface area contributed by atoms with Crippen molar-refractivity contribution < 1.29 is 13.2 Å². The fourth-order valence-electron chi connectivity index (χ4n) is 2.43. The predicted molar refractivity (Wildman–Crippen MR) is 80.6 cm³/mol. The van der Waals surface area contributed by atoms with Crippen molar-refractivity contribution in [3.63, 3.8) is 0 Å². The molecule has 1 amide bonds. The monoisotopic (exact) mass is 301 g/mol. The zero-order valence-electron chi connectivity index (χ0n) is 11.8. The Bertz CT molecular complexity index is 838. The van der Waals surface area contributed by atoms with Crippen LogP contribution < -0.4 is 4.72 Å². The van der Waals surface area contributed by atoms with Crippen LogP contribution in [0.2, 0.25) is 0 Å². The number of fused-ring (bicyclic) bond motifs is 1. The van der Waals surface area contributed by atoms with E-state index in [1.54, 1.807) is 12.1 Å². The first-order valence-electron chi connectivity index (χ1n) is 6.70. The molecule has 0 bridgehead atoms. The number of carbonyl (C=O) groups excluding carboxylic acids is 1. The van der Waals surface area contributed by atoms with Gasteiger partial charge in [0.25, 0.3) is 15.9 Å². The molecular formula is C16H15NO3S. The van der Waals surface area contributed by atoms with E-state index >= 15 is 0 Å². The first kappa shape index (κ1) is 13.8. The molecule has 1 aliphatic heterocycles. The fourth-order valence-corrected chi connectivity index (χ4v) is 3.58. The van der Waals surface area contributed by atoms with Gasteiger partial charge in [-0.2, -0.15) is 0 Å². The molecule has 0 atom stereocenters. The van der Waals surface area contributed by atoms with Crippen molar-refractivity contribution >= 4 is 15.9 Å². The molecule has 1 aliphatic rings. The van der Waals surface area contributed by atoms with E-state index in [4.69, 9.17) is 0 Å². The van der Waals surface area contributed by atoms with Gasteiger partial charge in [0.05, 0.1) is 5.56 Å². The SMILES string of the molecule is CC(C)c1cccc(-c2ccc3c(c2)C(=O)NS3(=O)=O)c1. The third-order valence-electron chi connectivity index (χ3n) is 3.63. The number of hydrogen-bond acceptors (Lipinski definition) is 3. The van der Waals surface area contributed by atoms with Crippen molar-refractivity contribution in [2.45, 2.75) is 24.7 Å². The zero-order chi connectivity index (χ0) is 15.2. The molecule has 2 aromatic rings. The molecule has 5 heteroatoms. The lowest BCUT2D eigenvalue weighted by Crippen LogP contribution is -2.20. The maximum atomic E-state index is 11.7. The Morgan fingerprint density at radius 1 is 1.00 bits per heavy atom.